The van der Waals surface area contributed by atoms with Crippen LogP contribution in [0, 0.1) is 0 Å². The molecule has 0 N–H and O–H groups in total. The molecule has 4 aromatic carbocycles. The van der Waals surface area contributed by atoms with Crippen LogP contribution < -0.4 is 14.9 Å². The highest BCUT2D eigenvalue weighted by atomic mass is 35.5. The van der Waals surface area contributed by atoms with Crippen molar-refractivity contribution in [2.24, 2.45) is 0 Å². The molecule has 6 nitrogen and oxygen atoms in total. The molecule has 7 heteroatoms. The molecule has 0 aliphatic rings. The minimum Gasteiger partial charge on any atom is -0.496 e. The number of carbonyl (C=O) groups excluding carboxylic acids is 1. The molecular formula is C29H21ClO6. The molecule has 0 bridgehead atoms. The van der Waals surface area contributed by atoms with Gasteiger partial charge in [-0.05, 0) is 18.2 Å². The minimum atomic E-state index is -0.505. The smallest absolute Gasteiger partial charge is 0.338 e. The van der Waals surface area contributed by atoms with Crippen LogP contribution in [-0.4, -0.2) is 20.2 Å². The summed E-state index contributed by atoms with van der Waals surface area (Å²) in [5.41, 5.74) is 1.59. The molecule has 0 fully saturated rings. The highest BCUT2D eigenvalue weighted by Crippen LogP contribution is 2.44. The Labute approximate surface area is 211 Å². The van der Waals surface area contributed by atoms with Gasteiger partial charge in [0.1, 0.15) is 23.9 Å². The molecule has 5 rings (SSSR count). The summed E-state index contributed by atoms with van der Waals surface area (Å²) in [6, 6.07) is 22.7. The van der Waals surface area contributed by atoms with E-state index in [1.165, 1.54) is 20.3 Å². The van der Waals surface area contributed by atoms with Gasteiger partial charge in [0, 0.05) is 28.6 Å². The Morgan fingerprint density at radius 1 is 0.889 bits per heavy atom. The molecule has 36 heavy (non-hydrogen) atoms. The van der Waals surface area contributed by atoms with Crippen LogP contribution >= 0.6 is 11.6 Å². The van der Waals surface area contributed by atoms with E-state index in [0.717, 1.165) is 5.56 Å². The third kappa shape index (κ3) is 4.16. The first-order valence-electron chi connectivity index (χ1n) is 11.1. The summed E-state index contributed by atoms with van der Waals surface area (Å²) in [5, 5.41) is 1.67. The van der Waals surface area contributed by atoms with Gasteiger partial charge in [-0.15, -0.1) is 0 Å². The fourth-order valence-electron chi connectivity index (χ4n) is 4.24. The molecule has 0 atom stereocenters. The van der Waals surface area contributed by atoms with E-state index in [-0.39, 0.29) is 23.0 Å². The van der Waals surface area contributed by atoms with Crippen LogP contribution in [0.4, 0.5) is 0 Å². The van der Waals surface area contributed by atoms with Gasteiger partial charge in [0.05, 0.1) is 35.6 Å². The van der Waals surface area contributed by atoms with Crippen LogP contribution in [-0.2, 0) is 11.3 Å². The Bertz CT molecular complexity index is 1640. The summed E-state index contributed by atoms with van der Waals surface area (Å²) < 4.78 is 23.1. The first kappa shape index (κ1) is 23.5. The average molecular weight is 501 g/mol. The van der Waals surface area contributed by atoms with Crippen LogP contribution in [0.2, 0.25) is 5.02 Å². The van der Waals surface area contributed by atoms with E-state index in [1.807, 2.05) is 36.4 Å². The minimum absolute atomic E-state index is 0.149. The van der Waals surface area contributed by atoms with Crippen molar-refractivity contribution in [3.05, 3.63) is 105 Å². The third-order valence-corrected chi connectivity index (χ3v) is 6.18. The van der Waals surface area contributed by atoms with Gasteiger partial charge in [-0.1, -0.05) is 60.1 Å². The largest absolute Gasteiger partial charge is 0.496 e. The number of fused-ring (bicyclic) bond motifs is 3. The maximum Gasteiger partial charge on any atom is 0.338 e. The van der Waals surface area contributed by atoms with E-state index in [0.29, 0.717) is 44.2 Å². The van der Waals surface area contributed by atoms with Gasteiger partial charge >= 0.3 is 5.97 Å². The highest BCUT2D eigenvalue weighted by Gasteiger charge is 2.22. The predicted octanol–water partition coefficient (Wildman–Crippen LogP) is 6.64. The lowest BCUT2D eigenvalue weighted by Crippen LogP contribution is -2.09. The molecule has 0 unspecified atom stereocenters. The van der Waals surface area contributed by atoms with E-state index in [2.05, 4.69) is 0 Å². The van der Waals surface area contributed by atoms with E-state index >= 15 is 0 Å². The number of hydrogen-bond donors (Lipinski definition) is 0. The van der Waals surface area contributed by atoms with E-state index in [4.69, 9.17) is 30.2 Å². The van der Waals surface area contributed by atoms with E-state index in [1.54, 1.807) is 36.4 Å². The van der Waals surface area contributed by atoms with Crippen molar-refractivity contribution in [1.29, 1.82) is 0 Å². The molecule has 0 aliphatic heterocycles. The average Bonchev–Trinajstić information content (AvgIpc) is 2.92. The van der Waals surface area contributed by atoms with E-state index in [9.17, 15) is 9.59 Å². The molecule has 0 amide bonds. The topological polar surface area (TPSA) is 75.0 Å². The zero-order valence-corrected chi connectivity index (χ0v) is 20.3. The first-order valence-corrected chi connectivity index (χ1v) is 11.5. The van der Waals surface area contributed by atoms with Crippen LogP contribution in [0.3, 0.4) is 0 Å². The van der Waals surface area contributed by atoms with E-state index < -0.39 is 5.97 Å². The number of esters is 1. The van der Waals surface area contributed by atoms with Gasteiger partial charge in [0.25, 0.3) is 0 Å². The molecule has 1 heterocycles. The Morgan fingerprint density at radius 2 is 1.58 bits per heavy atom. The number of benzene rings is 4. The number of carbonyl (C=O) groups is 1. The van der Waals surface area contributed by atoms with Crippen molar-refractivity contribution >= 4 is 39.3 Å². The lowest BCUT2D eigenvalue weighted by atomic mass is 9.99. The zero-order chi connectivity index (χ0) is 25.2. The standard InChI is InChI=1S/C29H21ClO6/c1-33-24-14-21(30)27(34-2)26-20(24)13-19(16-35-29(32)18-11-7-4-8-12-18)25-22(31)15-23(36-28(25)26)17-9-5-3-6-10-17/h3-15H,16H2,1-2H3. The second-order valence-corrected chi connectivity index (χ2v) is 8.45. The van der Waals surface area contributed by atoms with Crippen molar-refractivity contribution in [2.75, 3.05) is 14.2 Å². The Kier molecular flexibility index (Phi) is 6.36. The van der Waals surface area contributed by atoms with Crippen molar-refractivity contribution < 1.29 is 23.4 Å². The molecule has 180 valence electrons. The Hall–Kier alpha value is -4.29. The molecule has 0 spiro atoms. The summed E-state index contributed by atoms with van der Waals surface area (Å²) in [6.45, 7) is -0.149. The number of methoxy groups -OCH3 is 2. The van der Waals surface area contributed by atoms with Crippen molar-refractivity contribution in [1.82, 2.24) is 0 Å². The molecule has 1 aromatic heterocycles. The molecule has 0 radical (unpaired) electrons. The quantitative estimate of drug-likeness (QED) is 0.192. The molecule has 0 aliphatic carbocycles. The van der Waals surface area contributed by atoms with Crippen LogP contribution in [0.15, 0.2) is 88.1 Å². The zero-order valence-electron chi connectivity index (χ0n) is 19.5. The fraction of sp³-hybridized carbons (Fsp3) is 0.103. The molecule has 5 aromatic rings. The number of rotatable bonds is 6. The summed E-state index contributed by atoms with van der Waals surface area (Å²) in [5.74, 6) is 0.684. The Morgan fingerprint density at radius 3 is 2.25 bits per heavy atom. The SMILES string of the molecule is COc1cc(Cl)c(OC)c2c1cc(COC(=O)c1ccccc1)c1c(=O)cc(-c3ccccc3)oc12. The Balaban J connectivity index is 1.78. The second-order valence-electron chi connectivity index (χ2n) is 8.04. The van der Waals surface area contributed by atoms with Crippen molar-refractivity contribution in [3.63, 3.8) is 0 Å². The summed E-state index contributed by atoms with van der Waals surface area (Å²) >= 11 is 6.50. The fourth-order valence-corrected chi connectivity index (χ4v) is 4.51. The highest BCUT2D eigenvalue weighted by molar-refractivity contribution is 6.34. The van der Waals surface area contributed by atoms with Crippen LogP contribution in [0.25, 0.3) is 33.1 Å². The van der Waals surface area contributed by atoms with Gasteiger partial charge in [0.15, 0.2) is 11.0 Å². The normalized spacial score (nSPS) is 11.0. The van der Waals surface area contributed by atoms with Gasteiger partial charge in [-0.2, -0.15) is 0 Å². The predicted molar refractivity (Wildman–Crippen MR) is 139 cm³/mol. The molecule has 0 saturated heterocycles. The monoisotopic (exact) mass is 500 g/mol. The summed E-state index contributed by atoms with van der Waals surface area (Å²) in [4.78, 5) is 26.1. The molecule has 0 saturated carbocycles. The number of ether oxygens (including phenoxy) is 3. The molecular weight excluding hydrogens is 480 g/mol. The van der Waals surface area contributed by atoms with Gasteiger partial charge < -0.3 is 18.6 Å². The van der Waals surface area contributed by atoms with Crippen LogP contribution in [0.1, 0.15) is 15.9 Å². The second kappa shape index (κ2) is 9.76. The van der Waals surface area contributed by atoms with Crippen LogP contribution in [0.5, 0.6) is 11.5 Å². The number of hydrogen-bond acceptors (Lipinski definition) is 6. The van der Waals surface area contributed by atoms with Gasteiger partial charge in [-0.25, -0.2) is 4.79 Å². The lowest BCUT2D eigenvalue weighted by molar-refractivity contribution is 0.0474. The lowest BCUT2D eigenvalue weighted by Gasteiger charge is -2.16. The third-order valence-electron chi connectivity index (χ3n) is 5.90. The van der Waals surface area contributed by atoms with Gasteiger partial charge in [-0.3, -0.25) is 4.79 Å². The number of halogens is 1. The summed E-state index contributed by atoms with van der Waals surface area (Å²) in [6.07, 6.45) is 0. The van der Waals surface area contributed by atoms with Crippen molar-refractivity contribution in [3.8, 4) is 22.8 Å². The van der Waals surface area contributed by atoms with Crippen molar-refractivity contribution in [2.45, 2.75) is 6.61 Å². The summed E-state index contributed by atoms with van der Waals surface area (Å²) in [7, 11) is 3.01. The first-order chi connectivity index (χ1) is 17.5. The maximum atomic E-state index is 13.5. The maximum absolute atomic E-state index is 13.5. The van der Waals surface area contributed by atoms with Gasteiger partial charge in [0.2, 0.25) is 0 Å².